The maximum Gasteiger partial charge on any atom is 0.410 e. The molecule has 2 heterocycles. The van der Waals surface area contributed by atoms with Crippen LogP contribution in [0.15, 0.2) is 23.7 Å². The van der Waals surface area contributed by atoms with Crippen molar-refractivity contribution in [3.05, 3.63) is 29.3 Å². The van der Waals surface area contributed by atoms with E-state index in [1.165, 1.54) is 0 Å². The zero-order chi connectivity index (χ0) is 18.0. The second kappa shape index (κ2) is 7.30. The maximum absolute atomic E-state index is 12.1. The van der Waals surface area contributed by atoms with Crippen LogP contribution in [0.3, 0.4) is 0 Å². The summed E-state index contributed by atoms with van der Waals surface area (Å²) < 4.78 is 6.50. The highest BCUT2D eigenvalue weighted by molar-refractivity contribution is 7.16. The van der Waals surface area contributed by atoms with Gasteiger partial charge in [-0.2, -0.15) is 0 Å². The zero-order valence-electron chi connectivity index (χ0n) is 15.1. The molecular weight excluding hydrogens is 336 g/mol. The summed E-state index contributed by atoms with van der Waals surface area (Å²) in [6, 6.07) is 5.91. The minimum Gasteiger partial charge on any atom is -0.444 e. The lowest BCUT2D eigenvalue weighted by atomic mass is 9.89. The van der Waals surface area contributed by atoms with Gasteiger partial charge < -0.3 is 14.7 Å². The number of hydrogen-bond acceptors (Lipinski definition) is 5. The molecule has 1 N–H and O–H groups in total. The first kappa shape index (κ1) is 18.1. The largest absolute Gasteiger partial charge is 0.444 e. The Bertz CT molecular complexity index is 730. The molecule has 5 nitrogen and oxygen atoms in total. The predicted molar refractivity (Wildman–Crippen MR) is 99.7 cm³/mol. The van der Waals surface area contributed by atoms with Gasteiger partial charge in [0.15, 0.2) is 0 Å². The topological polar surface area (TPSA) is 62.7 Å². The Hall–Kier alpha value is -1.66. The number of carbonyl (C=O) groups is 1. The molecule has 1 unspecified atom stereocenters. The molecule has 1 amide bonds. The number of fused-ring (bicyclic) bond motifs is 1. The number of aliphatic hydroxyl groups is 1. The molecule has 1 saturated heterocycles. The summed E-state index contributed by atoms with van der Waals surface area (Å²) in [5.41, 5.74) is 3.27. The van der Waals surface area contributed by atoms with E-state index in [1.54, 1.807) is 16.2 Å². The van der Waals surface area contributed by atoms with Gasteiger partial charge in [-0.3, -0.25) is 0 Å². The fourth-order valence-electron chi connectivity index (χ4n) is 3.29. The quantitative estimate of drug-likeness (QED) is 0.881. The average Bonchev–Trinajstić information content (AvgIpc) is 3.02. The average molecular weight is 362 g/mol. The van der Waals surface area contributed by atoms with Crippen molar-refractivity contribution in [1.29, 1.82) is 0 Å². The van der Waals surface area contributed by atoms with Crippen LogP contribution < -0.4 is 0 Å². The van der Waals surface area contributed by atoms with Crippen molar-refractivity contribution in [2.24, 2.45) is 5.92 Å². The van der Waals surface area contributed by atoms with Crippen molar-refractivity contribution in [2.75, 3.05) is 13.1 Å². The van der Waals surface area contributed by atoms with E-state index < -0.39 is 11.7 Å². The third kappa shape index (κ3) is 4.50. The summed E-state index contributed by atoms with van der Waals surface area (Å²) in [6.07, 6.45) is 1.80. The Labute approximate surface area is 152 Å². The van der Waals surface area contributed by atoms with Crippen molar-refractivity contribution in [3.63, 3.8) is 0 Å². The Morgan fingerprint density at radius 3 is 2.80 bits per heavy atom. The third-order valence-corrected chi connectivity index (χ3v) is 5.46. The minimum atomic E-state index is -0.484. The number of rotatable bonds is 3. The highest BCUT2D eigenvalue weighted by Gasteiger charge is 2.28. The van der Waals surface area contributed by atoms with Crippen molar-refractivity contribution >= 4 is 27.6 Å². The third-order valence-electron chi connectivity index (χ3n) is 4.57. The SMILES string of the molecule is CC(C)(C)OC(=O)N1CCC(CC(O)c2cccc3ncsc23)CC1. The molecule has 0 aliphatic carbocycles. The standard InChI is InChI=1S/C19H26N2O3S/c1-19(2,3)24-18(23)21-9-7-13(8-10-21)11-16(22)14-5-4-6-15-17(14)25-12-20-15/h4-6,12-13,16,22H,7-11H2,1-3H3. The molecule has 0 bridgehead atoms. The van der Waals surface area contributed by atoms with Crippen molar-refractivity contribution in [3.8, 4) is 0 Å². The molecule has 136 valence electrons. The van der Waals surface area contributed by atoms with Crippen LogP contribution in [0.25, 0.3) is 10.2 Å². The summed E-state index contributed by atoms with van der Waals surface area (Å²) in [5.74, 6) is 0.414. The summed E-state index contributed by atoms with van der Waals surface area (Å²) >= 11 is 1.57. The lowest BCUT2D eigenvalue weighted by molar-refractivity contribution is 0.0161. The van der Waals surface area contributed by atoms with Gasteiger partial charge in [-0.05, 0) is 57.6 Å². The van der Waals surface area contributed by atoms with Gasteiger partial charge in [0, 0.05) is 13.1 Å². The van der Waals surface area contributed by atoms with Crippen LogP contribution in [0.4, 0.5) is 4.79 Å². The Balaban J connectivity index is 1.55. The molecule has 1 aliphatic rings. The smallest absolute Gasteiger partial charge is 0.410 e. The number of aromatic nitrogens is 1. The molecular formula is C19H26N2O3S. The van der Waals surface area contributed by atoms with Crippen LogP contribution in [0.1, 0.15) is 51.7 Å². The number of amides is 1. The maximum atomic E-state index is 12.1. The number of hydrogen-bond donors (Lipinski definition) is 1. The van der Waals surface area contributed by atoms with Gasteiger partial charge in [0.2, 0.25) is 0 Å². The lowest BCUT2D eigenvalue weighted by Gasteiger charge is -2.34. The molecule has 1 aromatic carbocycles. The van der Waals surface area contributed by atoms with E-state index in [9.17, 15) is 9.90 Å². The van der Waals surface area contributed by atoms with E-state index in [4.69, 9.17) is 4.74 Å². The minimum absolute atomic E-state index is 0.235. The number of nitrogens with zero attached hydrogens (tertiary/aromatic N) is 2. The zero-order valence-corrected chi connectivity index (χ0v) is 15.9. The van der Waals surface area contributed by atoms with Crippen LogP contribution in [0, 0.1) is 5.92 Å². The molecule has 1 atom stereocenters. The van der Waals surface area contributed by atoms with Crippen molar-refractivity contribution in [1.82, 2.24) is 9.88 Å². The normalized spacial score (nSPS) is 17.7. The Morgan fingerprint density at radius 2 is 2.12 bits per heavy atom. The van der Waals surface area contributed by atoms with E-state index in [1.807, 2.05) is 44.5 Å². The monoisotopic (exact) mass is 362 g/mol. The highest BCUT2D eigenvalue weighted by atomic mass is 32.1. The molecule has 3 rings (SSSR count). The fraction of sp³-hybridized carbons (Fsp3) is 0.579. The van der Waals surface area contributed by atoms with Crippen LogP contribution in [0.5, 0.6) is 0 Å². The first-order chi connectivity index (χ1) is 11.8. The van der Waals surface area contributed by atoms with Gasteiger partial charge >= 0.3 is 6.09 Å². The van der Waals surface area contributed by atoms with Crippen LogP contribution in [0.2, 0.25) is 0 Å². The van der Waals surface area contributed by atoms with Crippen molar-refractivity contribution in [2.45, 2.75) is 51.7 Å². The van der Waals surface area contributed by atoms with E-state index in [2.05, 4.69) is 4.98 Å². The van der Waals surface area contributed by atoms with Gasteiger partial charge in [0.1, 0.15) is 5.60 Å². The van der Waals surface area contributed by atoms with Crippen LogP contribution in [-0.2, 0) is 4.74 Å². The lowest BCUT2D eigenvalue weighted by Crippen LogP contribution is -2.41. The number of thiazole rings is 1. The number of carbonyl (C=O) groups excluding carboxylic acids is 1. The van der Waals surface area contributed by atoms with Gasteiger partial charge in [-0.1, -0.05) is 12.1 Å². The van der Waals surface area contributed by atoms with Gasteiger partial charge in [0.05, 0.1) is 21.8 Å². The second-order valence-corrected chi connectivity index (χ2v) is 8.56. The Kier molecular flexibility index (Phi) is 5.29. The van der Waals surface area contributed by atoms with Gasteiger partial charge in [-0.15, -0.1) is 11.3 Å². The molecule has 0 saturated carbocycles. The molecule has 1 aliphatic heterocycles. The number of piperidine rings is 1. The number of benzene rings is 1. The number of aliphatic hydroxyl groups excluding tert-OH is 1. The van der Waals surface area contributed by atoms with E-state index in [0.717, 1.165) is 35.0 Å². The van der Waals surface area contributed by atoms with E-state index in [-0.39, 0.29) is 6.09 Å². The Morgan fingerprint density at radius 1 is 1.40 bits per heavy atom. The molecule has 25 heavy (non-hydrogen) atoms. The first-order valence-electron chi connectivity index (χ1n) is 8.81. The van der Waals surface area contributed by atoms with Crippen LogP contribution in [-0.4, -0.2) is 39.8 Å². The number of likely N-dealkylation sites (tertiary alicyclic amines) is 1. The fourth-order valence-corrected chi connectivity index (χ4v) is 4.14. The molecule has 1 fully saturated rings. The second-order valence-electron chi connectivity index (χ2n) is 7.71. The molecule has 2 aromatic rings. The molecule has 1 aromatic heterocycles. The predicted octanol–water partition coefficient (Wildman–Crippen LogP) is 4.37. The molecule has 6 heteroatoms. The van der Waals surface area contributed by atoms with Crippen molar-refractivity contribution < 1.29 is 14.6 Å². The highest BCUT2D eigenvalue weighted by Crippen LogP contribution is 2.33. The summed E-state index contributed by atoms with van der Waals surface area (Å²) in [4.78, 5) is 18.2. The molecule has 0 radical (unpaired) electrons. The first-order valence-corrected chi connectivity index (χ1v) is 9.69. The summed E-state index contributed by atoms with van der Waals surface area (Å²) in [6.45, 7) is 7.03. The van der Waals surface area contributed by atoms with Gasteiger partial charge in [-0.25, -0.2) is 9.78 Å². The van der Waals surface area contributed by atoms with Gasteiger partial charge in [0.25, 0.3) is 0 Å². The number of ether oxygens (including phenoxy) is 1. The summed E-state index contributed by atoms with van der Waals surface area (Å²) in [7, 11) is 0. The summed E-state index contributed by atoms with van der Waals surface area (Å²) in [5, 5.41) is 10.7. The molecule has 0 spiro atoms. The van der Waals surface area contributed by atoms with Crippen LogP contribution >= 0.6 is 11.3 Å². The van der Waals surface area contributed by atoms with E-state index >= 15 is 0 Å². The van der Waals surface area contributed by atoms with E-state index in [0.29, 0.717) is 19.0 Å².